The van der Waals surface area contributed by atoms with E-state index in [1.54, 1.807) is 0 Å². The smallest absolute Gasteiger partial charge is 0.191 e. The summed E-state index contributed by atoms with van der Waals surface area (Å²) in [6, 6.07) is 10.1. The van der Waals surface area contributed by atoms with Gasteiger partial charge >= 0.3 is 0 Å². The Balaban J connectivity index is 1.87. The summed E-state index contributed by atoms with van der Waals surface area (Å²) in [6.07, 6.45) is 2.34. The van der Waals surface area contributed by atoms with Gasteiger partial charge in [-0.2, -0.15) is 5.26 Å². The van der Waals surface area contributed by atoms with Crippen molar-refractivity contribution >= 4 is 17.2 Å². The van der Waals surface area contributed by atoms with E-state index < -0.39 is 0 Å². The molecule has 1 aromatic rings. The normalized spacial score (nSPS) is 20.8. The number of anilines is 2. The molecule has 0 aliphatic carbocycles. The summed E-state index contributed by atoms with van der Waals surface area (Å²) in [5.74, 6) is 1.20. The molecule has 5 heteroatoms. The van der Waals surface area contributed by atoms with Crippen molar-refractivity contribution in [3.8, 4) is 6.07 Å². The zero-order chi connectivity index (χ0) is 17.3. The number of carbonyl (C=O) groups is 1. The molecule has 1 saturated heterocycles. The highest BCUT2D eigenvalue weighted by Crippen LogP contribution is 2.40. The Morgan fingerprint density at radius 2 is 1.88 bits per heavy atom. The number of piperidine rings is 1. The van der Waals surface area contributed by atoms with E-state index in [1.807, 2.05) is 48.2 Å². The van der Waals surface area contributed by atoms with Crippen LogP contribution in [0.2, 0.25) is 0 Å². The van der Waals surface area contributed by atoms with Crippen LogP contribution in [0.15, 0.2) is 35.7 Å². The first-order chi connectivity index (χ1) is 11.5. The Hall–Kier alpha value is -2.32. The maximum absolute atomic E-state index is 12.8. The van der Waals surface area contributed by atoms with E-state index >= 15 is 0 Å². The highest BCUT2D eigenvalue weighted by Gasteiger charge is 2.32. The van der Waals surface area contributed by atoms with Crippen LogP contribution in [-0.4, -0.2) is 44.4 Å². The molecule has 0 radical (unpaired) electrons. The van der Waals surface area contributed by atoms with Gasteiger partial charge in [-0.3, -0.25) is 9.69 Å². The third-order valence-electron chi connectivity index (χ3n) is 4.96. The molecule has 0 saturated carbocycles. The predicted molar refractivity (Wildman–Crippen MR) is 95.7 cm³/mol. The minimum Gasteiger partial charge on any atom is -0.328 e. The number of nitrogens with zero attached hydrogens (tertiary/aromatic N) is 4. The predicted octanol–water partition coefficient (Wildman–Crippen LogP) is 2.61. The lowest BCUT2D eigenvalue weighted by Gasteiger charge is -2.30. The number of likely N-dealkylation sites (tertiary alicyclic amines) is 1. The molecule has 0 aromatic heterocycles. The summed E-state index contributed by atoms with van der Waals surface area (Å²) in [4.78, 5) is 18.9. The van der Waals surface area contributed by atoms with E-state index in [4.69, 9.17) is 0 Å². The third-order valence-corrected chi connectivity index (χ3v) is 4.96. The lowest BCUT2D eigenvalue weighted by molar-refractivity contribution is -0.116. The van der Waals surface area contributed by atoms with Crippen LogP contribution in [0.5, 0.6) is 0 Å². The molecular formula is C19H24N4O. The van der Waals surface area contributed by atoms with Crippen molar-refractivity contribution in [3.63, 3.8) is 0 Å². The van der Waals surface area contributed by atoms with Crippen molar-refractivity contribution in [1.29, 1.82) is 5.26 Å². The molecule has 2 heterocycles. The first kappa shape index (κ1) is 16.5. The molecular weight excluding hydrogens is 300 g/mol. The fourth-order valence-corrected chi connectivity index (χ4v) is 3.77. The fraction of sp³-hybridized carbons (Fsp3) is 0.474. The molecule has 2 aliphatic heterocycles. The average molecular weight is 324 g/mol. The monoisotopic (exact) mass is 324 g/mol. The second-order valence-electron chi connectivity index (χ2n) is 6.82. The van der Waals surface area contributed by atoms with Crippen molar-refractivity contribution in [2.75, 3.05) is 43.5 Å². The van der Waals surface area contributed by atoms with Crippen LogP contribution in [0.4, 0.5) is 11.4 Å². The topological polar surface area (TPSA) is 50.6 Å². The molecule has 5 nitrogen and oxygen atoms in total. The van der Waals surface area contributed by atoms with Gasteiger partial charge < -0.3 is 9.80 Å². The van der Waals surface area contributed by atoms with Gasteiger partial charge in [0.05, 0.1) is 17.9 Å². The van der Waals surface area contributed by atoms with Crippen LogP contribution in [-0.2, 0) is 4.79 Å². The van der Waals surface area contributed by atoms with Crippen LogP contribution in [0.1, 0.15) is 19.8 Å². The van der Waals surface area contributed by atoms with Gasteiger partial charge in [0.15, 0.2) is 5.78 Å². The molecule has 0 bridgehead atoms. The fourth-order valence-electron chi connectivity index (χ4n) is 3.77. The quantitative estimate of drug-likeness (QED) is 0.632. The van der Waals surface area contributed by atoms with Gasteiger partial charge in [-0.05, 0) is 37.4 Å². The van der Waals surface area contributed by atoms with Gasteiger partial charge in [-0.25, -0.2) is 0 Å². The summed E-state index contributed by atoms with van der Waals surface area (Å²) in [6.45, 7) is 4.42. The van der Waals surface area contributed by atoms with Gasteiger partial charge in [0.2, 0.25) is 0 Å². The molecule has 126 valence electrons. The number of ketones is 1. The SMILES string of the molecule is C[C@@H]1CCCN(CC(=O)C(C#N)=C2N(C)c3ccccc3N2C)C1. The first-order valence-corrected chi connectivity index (χ1v) is 8.49. The largest absolute Gasteiger partial charge is 0.328 e. The molecule has 2 aliphatic rings. The summed E-state index contributed by atoms with van der Waals surface area (Å²) in [5.41, 5.74) is 2.28. The second-order valence-corrected chi connectivity index (χ2v) is 6.82. The summed E-state index contributed by atoms with van der Waals surface area (Å²) in [7, 11) is 3.82. The van der Waals surface area contributed by atoms with E-state index in [-0.39, 0.29) is 11.4 Å². The Bertz CT molecular complexity index is 687. The minimum absolute atomic E-state index is 0.0897. The number of fused-ring (bicyclic) bond motifs is 1. The van der Waals surface area contributed by atoms with Crippen LogP contribution in [0.3, 0.4) is 0 Å². The van der Waals surface area contributed by atoms with E-state index in [9.17, 15) is 10.1 Å². The lowest BCUT2D eigenvalue weighted by atomic mass is 9.99. The summed E-state index contributed by atoms with van der Waals surface area (Å²) >= 11 is 0. The molecule has 0 spiro atoms. The van der Waals surface area contributed by atoms with E-state index in [0.717, 1.165) is 30.9 Å². The number of hydrogen-bond donors (Lipinski definition) is 0. The number of rotatable bonds is 3. The Morgan fingerprint density at radius 1 is 1.25 bits per heavy atom. The highest BCUT2D eigenvalue weighted by molar-refractivity contribution is 6.03. The Kier molecular flexibility index (Phi) is 4.59. The van der Waals surface area contributed by atoms with E-state index in [1.165, 1.54) is 6.42 Å². The zero-order valence-corrected chi connectivity index (χ0v) is 14.6. The molecule has 3 rings (SSSR count). The summed E-state index contributed by atoms with van der Waals surface area (Å²) in [5, 5.41) is 9.65. The van der Waals surface area contributed by atoms with Gasteiger partial charge in [0, 0.05) is 20.6 Å². The minimum atomic E-state index is -0.0897. The number of Topliss-reactive ketones (excluding diaryl/α,β-unsaturated/α-hetero) is 1. The number of nitriles is 1. The molecule has 24 heavy (non-hydrogen) atoms. The molecule has 0 unspecified atom stereocenters. The maximum atomic E-state index is 12.8. The third kappa shape index (κ3) is 2.90. The van der Waals surface area contributed by atoms with Crippen LogP contribution in [0.25, 0.3) is 0 Å². The van der Waals surface area contributed by atoms with E-state index in [2.05, 4.69) is 17.9 Å². The van der Waals surface area contributed by atoms with Crippen LogP contribution in [0, 0.1) is 17.2 Å². The zero-order valence-electron chi connectivity index (χ0n) is 14.6. The standard InChI is InChI=1S/C19H24N4O/c1-14-7-6-10-23(12-14)13-18(24)15(11-20)19-21(2)16-8-4-5-9-17(16)22(19)3/h4-5,8-9,14H,6-7,10,12-13H2,1-3H3/t14-/m1/s1. The molecule has 0 N–H and O–H groups in total. The number of carbonyl (C=O) groups excluding carboxylic acids is 1. The number of benzene rings is 1. The van der Waals surface area contributed by atoms with Crippen molar-refractivity contribution < 1.29 is 4.79 Å². The van der Waals surface area contributed by atoms with Crippen LogP contribution < -0.4 is 9.80 Å². The van der Waals surface area contributed by atoms with Gasteiger partial charge in [0.25, 0.3) is 0 Å². The number of hydrogen-bond acceptors (Lipinski definition) is 5. The summed E-state index contributed by atoms with van der Waals surface area (Å²) < 4.78 is 0. The molecule has 1 fully saturated rings. The van der Waals surface area contributed by atoms with Crippen molar-refractivity contribution in [2.45, 2.75) is 19.8 Å². The number of para-hydroxylation sites is 2. The first-order valence-electron chi connectivity index (χ1n) is 8.49. The van der Waals surface area contributed by atoms with Gasteiger partial charge in [-0.15, -0.1) is 0 Å². The lowest BCUT2D eigenvalue weighted by Crippen LogP contribution is -2.39. The maximum Gasteiger partial charge on any atom is 0.191 e. The van der Waals surface area contributed by atoms with Crippen LogP contribution >= 0.6 is 0 Å². The Labute approximate surface area is 143 Å². The molecule has 1 atom stereocenters. The molecule has 1 aromatic carbocycles. The Morgan fingerprint density at radius 3 is 2.42 bits per heavy atom. The van der Waals surface area contributed by atoms with Gasteiger partial charge in [-0.1, -0.05) is 19.1 Å². The van der Waals surface area contributed by atoms with Crippen molar-refractivity contribution in [3.05, 3.63) is 35.7 Å². The van der Waals surface area contributed by atoms with Crippen molar-refractivity contribution in [1.82, 2.24) is 4.90 Å². The van der Waals surface area contributed by atoms with Crippen molar-refractivity contribution in [2.24, 2.45) is 5.92 Å². The molecule has 0 amide bonds. The highest BCUT2D eigenvalue weighted by atomic mass is 16.1. The van der Waals surface area contributed by atoms with E-state index in [0.29, 0.717) is 18.3 Å². The van der Waals surface area contributed by atoms with Gasteiger partial charge in [0.1, 0.15) is 17.5 Å². The average Bonchev–Trinajstić information content (AvgIpc) is 2.81. The second kappa shape index (κ2) is 6.66.